The molecule has 110 valence electrons. The summed E-state index contributed by atoms with van der Waals surface area (Å²) in [6.07, 6.45) is 1.51. The first-order chi connectivity index (χ1) is 9.97. The molecule has 0 unspecified atom stereocenters. The van der Waals surface area contributed by atoms with Gasteiger partial charge in [0.15, 0.2) is 6.54 Å². The number of hydrogen-bond acceptors (Lipinski definition) is 2. The summed E-state index contributed by atoms with van der Waals surface area (Å²) in [6, 6.07) is 7.55. The molecule has 0 aliphatic heterocycles. The Morgan fingerprint density at radius 1 is 1.29 bits per heavy atom. The Labute approximate surface area is 132 Å². The third kappa shape index (κ3) is 3.96. The highest BCUT2D eigenvalue weighted by atomic mass is 35.5. The van der Waals surface area contributed by atoms with Gasteiger partial charge in [0.25, 0.3) is 0 Å². The molecule has 0 fully saturated rings. The van der Waals surface area contributed by atoms with Crippen molar-refractivity contribution in [3.8, 4) is 0 Å². The minimum absolute atomic E-state index is 0.107. The lowest BCUT2D eigenvalue weighted by atomic mass is 10.2. The summed E-state index contributed by atoms with van der Waals surface area (Å²) in [5.41, 5.74) is 13.1. The molecule has 0 radical (unpaired) electrons. The number of halogens is 2. The zero-order valence-corrected chi connectivity index (χ0v) is 12.9. The van der Waals surface area contributed by atoms with Crippen molar-refractivity contribution in [1.82, 2.24) is 5.10 Å². The van der Waals surface area contributed by atoms with Gasteiger partial charge in [-0.3, -0.25) is 0 Å². The zero-order valence-electron chi connectivity index (χ0n) is 11.3. The molecule has 0 spiro atoms. The van der Waals surface area contributed by atoms with Gasteiger partial charge in [0.2, 0.25) is 5.96 Å². The predicted molar refractivity (Wildman–Crippen MR) is 84.7 cm³/mol. The van der Waals surface area contributed by atoms with Gasteiger partial charge < -0.3 is 11.5 Å². The maximum Gasteiger partial charge on any atom is 0.309 e. The average Bonchev–Trinajstić information content (AvgIpc) is 2.68. The lowest BCUT2D eigenvalue weighted by Crippen LogP contribution is -2.37. The van der Waals surface area contributed by atoms with Gasteiger partial charge in [-0.1, -0.05) is 28.4 Å². The maximum absolute atomic E-state index is 6.33. The smallest absolute Gasteiger partial charge is 0.309 e. The lowest BCUT2D eigenvalue weighted by molar-refractivity contribution is -0.740. The fraction of sp³-hybridized carbons (Fsp3) is 0.154. The highest BCUT2D eigenvalue weighted by Crippen LogP contribution is 2.14. The fourth-order valence-corrected chi connectivity index (χ4v) is 2.22. The highest BCUT2D eigenvalue weighted by molar-refractivity contribution is 6.31. The van der Waals surface area contributed by atoms with Crippen LogP contribution in [0.1, 0.15) is 16.8 Å². The standard InChI is InChI=1S/C13H14Cl2N6/c1-8-11(6-18-19-13(16)17)12(15)21(20-8)7-9-2-4-10(14)5-3-9/h2-6H,7H2,1H3,(H4,16,17,19)/p+1/b18-6+. The van der Waals surface area contributed by atoms with Crippen LogP contribution in [-0.2, 0) is 6.54 Å². The van der Waals surface area contributed by atoms with E-state index in [-0.39, 0.29) is 5.96 Å². The van der Waals surface area contributed by atoms with Crippen LogP contribution in [0.25, 0.3) is 0 Å². The summed E-state index contributed by atoms with van der Waals surface area (Å²) in [7, 11) is 0. The van der Waals surface area contributed by atoms with E-state index in [1.807, 2.05) is 31.2 Å². The lowest BCUT2D eigenvalue weighted by Gasteiger charge is -1.96. The van der Waals surface area contributed by atoms with Gasteiger partial charge >= 0.3 is 5.15 Å². The van der Waals surface area contributed by atoms with Crippen LogP contribution in [0.5, 0.6) is 0 Å². The first-order valence-corrected chi connectivity index (χ1v) is 6.87. The van der Waals surface area contributed by atoms with Gasteiger partial charge in [-0.15, -0.1) is 5.10 Å². The topological polar surface area (TPSA) is 96.4 Å². The Morgan fingerprint density at radius 3 is 2.57 bits per heavy atom. The molecule has 21 heavy (non-hydrogen) atoms. The first-order valence-electron chi connectivity index (χ1n) is 6.11. The third-order valence-corrected chi connectivity index (χ3v) is 3.44. The molecule has 8 heteroatoms. The molecule has 0 amide bonds. The normalized spacial score (nSPS) is 11.0. The molecule has 2 aromatic rings. The number of nitrogens with one attached hydrogen (secondary N) is 1. The highest BCUT2D eigenvalue weighted by Gasteiger charge is 2.20. The number of hydrogen-bond donors (Lipinski definition) is 3. The molecule has 0 saturated carbocycles. The van der Waals surface area contributed by atoms with Crippen molar-refractivity contribution in [2.75, 3.05) is 0 Å². The second kappa shape index (κ2) is 6.60. The van der Waals surface area contributed by atoms with Gasteiger partial charge in [0.1, 0.15) is 5.56 Å². The van der Waals surface area contributed by atoms with Crippen LogP contribution in [-0.4, -0.2) is 17.3 Å². The van der Waals surface area contributed by atoms with Gasteiger partial charge in [-0.05, 0) is 30.7 Å². The molecular weight excluding hydrogens is 311 g/mol. The molecule has 0 aliphatic carbocycles. The zero-order chi connectivity index (χ0) is 15.4. The Kier molecular flexibility index (Phi) is 4.82. The molecule has 2 rings (SSSR count). The summed E-state index contributed by atoms with van der Waals surface area (Å²) in [4.78, 5) is 0. The van der Waals surface area contributed by atoms with Gasteiger partial charge in [-0.25, -0.2) is 0 Å². The van der Waals surface area contributed by atoms with Crippen LogP contribution in [0.4, 0.5) is 0 Å². The van der Waals surface area contributed by atoms with E-state index in [0.717, 1.165) is 16.8 Å². The quantitative estimate of drug-likeness (QED) is 0.344. The number of nitrogens with zero attached hydrogens (tertiary/aromatic N) is 3. The third-order valence-electron chi connectivity index (χ3n) is 2.78. The van der Waals surface area contributed by atoms with Crippen molar-refractivity contribution in [2.24, 2.45) is 21.7 Å². The monoisotopic (exact) mass is 325 g/mol. The van der Waals surface area contributed by atoms with Crippen molar-refractivity contribution < 1.29 is 4.68 Å². The summed E-state index contributed by atoms with van der Waals surface area (Å²) in [5, 5.41) is 11.7. The summed E-state index contributed by atoms with van der Waals surface area (Å²) < 4.78 is 1.80. The molecule has 0 saturated heterocycles. The minimum atomic E-state index is -0.107. The van der Waals surface area contributed by atoms with Crippen LogP contribution < -0.4 is 16.1 Å². The molecule has 5 N–H and O–H groups in total. The van der Waals surface area contributed by atoms with Crippen LogP contribution >= 0.6 is 23.2 Å². The molecule has 0 atom stereocenters. The SMILES string of the molecule is Cc1[nH][n+](Cc2ccc(Cl)cc2)c(Cl)c1/C=N/N=C(N)N. The van der Waals surface area contributed by atoms with Gasteiger partial charge in [0.05, 0.1) is 11.9 Å². The minimum Gasteiger partial charge on any atom is -0.369 e. The molecule has 0 aliphatic rings. The molecule has 1 aromatic carbocycles. The van der Waals surface area contributed by atoms with Crippen molar-refractivity contribution in [2.45, 2.75) is 13.5 Å². The molecule has 6 nitrogen and oxygen atoms in total. The Balaban J connectivity index is 2.24. The first kappa shape index (κ1) is 15.3. The largest absolute Gasteiger partial charge is 0.369 e. The van der Waals surface area contributed by atoms with Gasteiger partial charge in [0, 0.05) is 10.6 Å². The van der Waals surface area contributed by atoms with Crippen LogP contribution in [0.3, 0.4) is 0 Å². The molecule has 1 heterocycles. The number of benzene rings is 1. The Hall–Kier alpha value is -2.05. The summed E-state index contributed by atoms with van der Waals surface area (Å²) in [5.74, 6) is -0.107. The second-order valence-corrected chi connectivity index (χ2v) is 5.22. The number of aryl methyl sites for hydroxylation is 1. The number of aromatic nitrogens is 2. The molecule has 1 aromatic heterocycles. The maximum atomic E-state index is 6.33. The summed E-state index contributed by atoms with van der Waals surface area (Å²) >= 11 is 12.2. The van der Waals surface area contributed by atoms with Crippen molar-refractivity contribution in [3.63, 3.8) is 0 Å². The van der Waals surface area contributed by atoms with Gasteiger partial charge in [-0.2, -0.15) is 10.2 Å². The summed E-state index contributed by atoms with van der Waals surface area (Å²) in [6.45, 7) is 2.48. The number of H-pyrrole nitrogens is 1. The van der Waals surface area contributed by atoms with Crippen molar-refractivity contribution >= 4 is 35.4 Å². The number of rotatable bonds is 4. The van der Waals surface area contributed by atoms with E-state index in [1.54, 1.807) is 4.68 Å². The van der Waals surface area contributed by atoms with E-state index < -0.39 is 0 Å². The fourth-order valence-electron chi connectivity index (χ4n) is 1.80. The van der Waals surface area contributed by atoms with Crippen LogP contribution in [0.15, 0.2) is 34.5 Å². The van der Waals surface area contributed by atoms with E-state index in [1.165, 1.54) is 6.21 Å². The van der Waals surface area contributed by atoms with Crippen molar-refractivity contribution in [1.29, 1.82) is 0 Å². The number of aromatic amines is 1. The van der Waals surface area contributed by atoms with E-state index in [4.69, 9.17) is 34.7 Å². The van der Waals surface area contributed by atoms with Crippen LogP contribution in [0, 0.1) is 6.92 Å². The van der Waals surface area contributed by atoms with Crippen LogP contribution in [0.2, 0.25) is 10.2 Å². The number of nitrogens with two attached hydrogens (primary N) is 2. The molecule has 0 bridgehead atoms. The van der Waals surface area contributed by atoms with E-state index >= 15 is 0 Å². The van der Waals surface area contributed by atoms with Crippen molar-refractivity contribution in [3.05, 3.63) is 51.3 Å². The Morgan fingerprint density at radius 2 is 1.95 bits per heavy atom. The van der Waals surface area contributed by atoms with E-state index in [2.05, 4.69) is 15.3 Å². The Bertz CT molecular complexity index is 683. The molecular formula is C13H15Cl2N6+. The predicted octanol–water partition coefficient (Wildman–Crippen LogP) is 1.57. The second-order valence-electron chi connectivity index (χ2n) is 4.42. The average molecular weight is 326 g/mol. The van der Waals surface area contributed by atoms with E-state index in [9.17, 15) is 0 Å². The number of guanidine groups is 1. The van der Waals surface area contributed by atoms with E-state index in [0.29, 0.717) is 16.7 Å².